The number of hydrogen-bond acceptors (Lipinski definition) is 2. The van der Waals surface area contributed by atoms with Gasteiger partial charge in [-0.3, -0.25) is 0 Å². The lowest BCUT2D eigenvalue weighted by atomic mass is 10.1. The molecular formula is C16H18O2. The van der Waals surface area contributed by atoms with Crippen molar-refractivity contribution in [1.82, 2.24) is 0 Å². The van der Waals surface area contributed by atoms with E-state index in [1.165, 1.54) is 5.56 Å². The molecule has 1 N–H and O–H groups in total. The number of aryl methyl sites for hydroxylation is 1. The second-order valence-corrected chi connectivity index (χ2v) is 4.34. The van der Waals surface area contributed by atoms with Crippen LogP contribution in [0.2, 0.25) is 0 Å². The zero-order valence-electron chi connectivity index (χ0n) is 10.6. The summed E-state index contributed by atoms with van der Waals surface area (Å²) in [6, 6.07) is 16.0. The summed E-state index contributed by atoms with van der Waals surface area (Å²) in [5, 5.41) is 8.96. The van der Waals surface area contributed by atoms with E-state index >= 15 is 0 Å². The van der Waals surface area contributed by atoms with Crippen molar-refractivity contribution >= 4 is 0 Å². The molecule has 0 spiro atoms. The van der Waals surface area contributed by atoms with E-state index in [0.29, 0.717) is 6.61 Å². The highest BCUT2D eigenvalue weighted by atomic mass is 16.5. The van der Waals surface area contributed by atoms with Crippen molar-refractivity contribution in [3.63, 3.8) is 0 Å². The molecule has 0 saturated heterocycles. The van der Waals surface area contributed by atoms with Crippen LogP contribution in [0.15, 0.2) is 48.5 Å². The van der Waals surface area contributed by atoms with Gasteiger partial charge in [0.2, 0.25) is 0 Å². The highest BCUT2D eigenvalue weighted by Gasteiger charge is 1.98. The van der Waals surface area contributed by atoms with E-state index in [1.807, 2.05) is 55.5 Å². The summed E-state index contributed by atoms with van der Waals surface area (Å²) in [6.45, 7) is 2.81. The van der Waals surface area contributed by atoms with E-state index in [-0.39, 0.29) is 6.61 Å². The van der Waals surface area contributed by atoms with Gasteiger partial charge in [0.05, 0.1) is 13.2 Å². The van der Waals surface area contributed by atoms with Gasteiger partial charge in [-0.05, 0) is 29.7 Å². The maximum Gasteiger partial charge on any atom is 0.122 e. The van der Waals surface area contributed by atoms with Gasteiger partial charge in [0.1, 0.15) is 5.75 Å². The summed E-state index contributed by atoms with van der Waals surface area (Å²) in [6.07, 6.45) is 0.875. The van der Waals surface area contributed by atoms with Gasteiger partial charge in [-0.25, -0.2) is 0 Å². The van der Waals surface area contributed by atoms with Crippen molar-refractivity contribution in [2.24, 2.45) is 0 Å². The molecule has 2 nitrogen and oxygen atoms in total. The molecule has 0 amide bonds. The summed E-state index contributed by atoms with van der Waals surface area (Å²) in [5.41, 5.74) is 3.33. The van der Waals surface area contributed by atoms with Crippen LogP contribution in [0.3, 0.4) is 0 Å². The van der Waals surface area contributed by atoms with Crippen molar-refractivity contribution in [2.75, 3.05) is 6.61 Å². The Morgan fingerprint density at radius 1 is 0.944 bits per heavy atom. The van der Waals surface area contributed by atoms with Crippen LogP contribution in [0.5, 0.6) is 5.75 Å². The molecule has 0 aromatic heterocycles. The predicted molar refractivity (Wildman–Crippen MR) is 72.7 cm³/mol. The third-order valence-electron chi connectivity index (χ3n) is 2.95. The second-order valence-electron chi connectivity index (χ2n) is 4.34. The average Bonchev–Trinajstić information content (AvgIpc) is 2.42. The van der Waals surface area contributed by atoms with E-state index in [9.17, 15) is 0 Å². The maximum absolute atomic E-state index is 8.96. The van der Waals surface area contributed by atoms with E-state index in [0.717, 1.165) is 23.3 Å². The van der Waals surface area contributed by atoms with Crippen LogP contribution in [0, 0.1) is 6.92 Å². The fourth-order valence-corrected chi connectivity index (χ4v) is 1.81. The molecule has 0 heterocycles. The van der Waals surface area contributed by atoms with Crippen LogP contribution in [-0.2, 0) is 13.0 Å². The SMILES string of the molecule is Cc1ccccc1OCCc1ccc(CO)cc1. The summed E-state index contributed by atoms with van der Waals surface area (Å²) in [5.74, 6) is 0.949. The molecule has 94 valence electrons. The number of rotatable bonds is 5. The second kappa shape index (κ2) is 6.22. The fourth-order valence-electron chi connectivity index (χ4n) is 1.81. The number of ether oxygens (including phenoxy) is 1. The molecular weight excluding hydrogens is 224 g/mol. The van der Waals surface area contributed by atoms with Crippen molar-refractivity contribution in [3.05, 3.63) is 65.2 Å². The van der Waals surface area contributed by atoms with E-state index in [2.05, 4.69) is 0 Å². The van der Waals surface area contributed by atoms with Crippen LogP contribution in [0.25, 0.3) is 0 Å². The minimum atomic E-state index is 0.0972. The lowest BCUT2D eigenvalue weighted by molar-refractivity contribution is 0.282. The molecule has 0 bridgehead atoms. The van der Waals surface area contributed by atoms with Crippen LogP contribution in [0.1, 0.15) is 16.7 Å². The third kappa shape index (κ3) is 3.34. The number of aliphatic hydroxyl groups is 1. The molecule has 18 heavy (non-hydrogen) atoms. The van der Waals surface area contributed by atoms with Crippen molar-refractivity contribution < 1.29 is 9.84 Å². The van der Waals surface area contributed by atoms with Crippen molar-refractivity contribution in [1.29, 1.82) is 0 Å². The van der Waals surface area contributed by atoms with Gasteiger partial charge in [0, 0.05) is 6.42 Å². The lowest BCUT2D eigenvalue weighted by Gasteiger charge is -2.09. The average molecular weight is 242 g/mol. The number of para-hydroxylation sites is 1. The smallest absolute Gasteiger partial charge is 0.122 e. The van der Waals surface area contributed by atoms with Gasteiger partial charge in [0.15, 0.2) is 0 Å². The highest BCUT2D eigenvalue weighted by molar-refractivity contribution is 5.31. The van der Waals surface area contributed by atoms with Crippen LogP contribution >= 0.6 is 0 Å². The normalized spacial score (nSPS) is 10.3. The number of benzene rings is 2. The van der Waals surface area contributed by atoms with Gasteiger partial charge in [-0.2, -0.15) is 0 Å². The first-order valence-electron chi connectivity index (χ1n) is 6.16. The molecule has 0 aliphatic carbocycles. The first-order valence-corrected chi connectivity index (χ1v) is 6.16. The summed E-state index contributed by atoms with van der Waals surface area (Å²) < 4.78 is 5.75. The Morgan fingerprint density at radius 3 is 2.28 bits per heavy atom. The fraction of sp³-hybridized carbons (Fsp3) is 0.250. The van der Waals surface area contributed by atoms with Gasteiger partial charge >= 0.3 is 0 Å². The van der Waals surface area contributed by atoms with Gasteiger partial charge in [-0.1, -0.05) is 42.5 Å². The molecule has 0 atom stereocenters. The standard InChI is InChI=1S/C16H18O2/c1-13-4-2-3-5-16(13)18-11-10-14-6-8-15(12-17)9-7-14/h2-9,17H,10-12H2,1H3. The molecule has 2 rings (SSSR count). The Bertz CT molecular complexity index is 489. The summed E-state index contributed by atoms with van der Waals surface area (Å²) >= 11 is 0. The Kier molecular flexibility index (Phi) is 4.37. The molecule has 0 unspecified atom stereocenters. The quantitative estimate of drug-likeness (QED) is 0.873. The maximum atomic E-state index is 8.96. The summed E-state index contributed by atoms with van der Waals surface area (Å²) in [4.78, 5) is 0. The molecule has 2 aromatic rings. The predicted octanol–water partition coefficient (Wildman–Crippen LogP) is 3.11. The molecule has 2 heteroatoms. The monoisotopic (exact) mass is 242 g/mol. The molecule has 0 saturated carbocycles. The van der Waals surface area contributed by atoms with Gasteiger partial charge in [0.25, 0.3) is 0 Å². The number of aliphatic hydroxyl groups excluding tert-OH is 1. The zero-order valence-corrected chi connectivity index (χ0v) is 10.6. The van der Waals surface area contributed by atoms with Crippen LogP contribution in [-0.4, -0.2) is 11.7 Å². The van der Waals surface area contributed by atoms with E-state index in [4.69, 9.17) is 9.84 Å². The Morgan fingerprint density at radius 2 is 1.61 bits per heavy atom. The topological polar surface area (TPSA) is 29.5 Å². The first kappa shape index (κ1) is 12.7. The molecule has 0 radical (unpaired) electrons. The minimum absolute atomic E-state index is 0.0972. The highest BCUT2D eigenvalue weighted by Crippen LogP contribution is 2.16. The van der Waals surface area contributed by atoms with Crippen LogP contribution < -0.4 is 4.74 Å². The Balaban J connectivity index is 1.86. The summed E-state index contributed by atoms with van der Waals surface area (Å²) in [7, 11) is 0. The third-order valence-corrected chi connectivity index (χ3v) is 2.95. The Labute approximate surface area is 108 Å². The van der Waals surface area contributed by atoms with E-state index in [1.54, 1.807) is 0 Å². The van der Waals surface area contributed by atoms with E-state index < -0.39 is 0 Å². The molecule has 2 aromatic carbocycles. The van der Waals surface area contributed by atoms with Crippen molar-refractivity contribution in [2.45, 2.75) is 20.0 Å². The van der Waals surface area contributed by atoms with Gasteiger partial charge in [-0.15, -0.1) is 0 Å². The zero-order chi connectivity index (χ0) is 12.8. The number of hydrogen-bond donors (Lipinski definition) is 1. The largest absolute Gasteiger partial charge is 0.493 e. The first-order chi connectivity index (χ1) is 8.79. The molecule has 0 fully saturated rings. The molecule has 0 aliphatic heterocycles. The molecule has 0 aliphatic rings. The van der Waals surface area contributed by atoms with Gasteiger partial charge < -0.3 is 9.84 Å². The lowest BCUT2D eigenvalue weighted by Crippen LogP contribution is -2.02. The van der Waals surface area contributed by atoms with Crippen LogP contribution in [0.4, 0.5) is 0 Å². The van der Waals surface area contributed by atoms with Crippen molar-refractivity contribution in [3.8, 4) is 5.75 Å². The minimum Gasteiger partial charge on any atom is -0.493 e. The Hall–Kier alpha value is -1.80.